The standard InChI is InChI=1S/C19H19N3O2/c1-19(2,3)14-9-5-7-11-16(14)22-18(24)17(23)21-15-10-6-4-8-13(15)12-20/h4-11H,1-3H3,(H,21,23)(H,22,24). The van der Waals surface area contributed by atoms with E-state index in [1.165, 1.54) is 0 Å². The fraction of sp³-hybridized carbons (Fsp3) is 0.211. The van der Waals surface area contributed by atoms with Gasteiger partial charge in [-0.05, 0) is 29.2 Å². The van der Waals surface area contributed by atoms with Crippen molar-refractivity contribution in [2.45, 2.75) is 26.2 Å². The molecule has 2 aromatic carbocycles. The maximum atomic E-state index is 12.2. The van der Waals surface area contributed by atoms with Gasteiger partial charge in [0, 0.05) is 5.69 Å². The number of nitrogens with one attached hydrogen (secondary N) is 2. The van der Waals surface area contributed by atoms with E-state index >= 15 is 0 Å². The lowest BCUT2D eigenvalue weighted by atomic mass is 9.86. The molecule has 0 spiro atoms. The van der Waals surface area contributed by atoms with E-state index in [1.54, 1.807) is 36.4 Å². The van der Waals surface area contributed by atoms with Crippen LogP contribution in [-0.2, 0) is 15.0 Å². The number of hydrogen-bond acceptors (Lipinski definition) is 3. The van der Waals surface area contributed by atoms with E-state index in [-0.39, 0.29) is 5.41 Å². The molecule has 0 aromatic heterocycles. The van der Waals surface area contributed by atoms with Crippen LogP contribution in [0.2, 0.25) is 0 Å². The van der Waals surface area contributed by atoms with Gasteiger partial charge in [0.25, 0.3) is 0 Å². The van der Waals surface area contributed by atoms with Crippen LogP contribution in [0.15, 0.2) is 48.5 Å². The highest BCUT2D eigenvalue weighted by molar-refractivity contribution is 6.43. The van der Waals surface area contributed by atoms with Crippen LogP contribution in [0.3, 0.4) is 0 Å². The van der Waals surface area contributed by atoms with Crippen molar-refractivity contribution in [3.05, 3.63) is 59.7 Å². The van der Waals surface area contributed by atoms with E-state index in [0.29, 0.717) is 16.9 Å². The van der Waals surface area contributed by atoms with E-state index in [0.717, 1.165) is 5.56 Å². The Balaban J connectivity index is 2.16. The summed E-state index contributed by atoms with van der Waals surface area (Å²) in [5.74, 6) is -1.60. The van der Waals surface area contributed by atoms with Gasteiger partial charge >= 0.3 is 11.8 Å². The first-order valence-corrected chi connectivity index (χ1v) is 7.54. The zero-order valence-electron chi connectivity index (χ0n) is 13.9. The van der Waals surface area contributed by atoms with Gasteiger partial charge < -0.3 is 10.6 Å². The van der Waals surface area contributed by atoms with Gasteiger partial charge in [0.2, 0.25) is 0 Å². The summed E-state index contributed by atoms with van der Waals surface area (Å²) in [6, 6.07) is 15.9. The largest absolute Gasteiger partial charge is 0.318 e. The number of amides is 2. The molecule has 0 aliphatic rings. The predicted octanol–water partition coefficient (Wildman–Crippen LogP) is 3.43. The van der Waals surface area contributed by atoms with Crippen LogP contribution < -0.4 is 10.6 Å². The summed E-state index contributed by atoms with van der Waals surface area (Å²) >= 11 is 0. The number of benzene rings is 2. The van der Waals surface area contributed by atoms with Crippen LogP contribution in [0.25, 0.3) is 0 Å². The third-order valence-electron chi connectivity index (χ3n) is 3.49. The first-order valence-electron chi connectivity index (χ1n) is 7.54. The van der Waals surface area contributed by atoms with Crippen LogP contribution in [0, 0.1) is 11.3 Å². The van der Waals surface area contributed by atoms with Gasteiger partial charge in [-0.3, -0.25) is 9.59 Å². The highest BCUT2D eigenvalue weighted by Gasteiger charge is 2.21. The molecule has 0 saturated heterocycles. The molecule has 0 heterocycles. The van der Waals surface area contributed by atoms with Gasteiger partial charge in [0.05, 0.1) is 11.3 Å². The number of nitrogens with zero attached hydrogens (tertiary/aromatic N) is 1. The molecule has 0 fully saturated rings. The van der Waals surface area contributed by atoms with Crippen molar-refractivity contribution in [3.8, 4) is 6.07 Å². The molecule has 2 rings (SSSR count). The van der Waals surface area contributed by atoms with Crippen molar-refractivity contribution in [2.75, 3.05) is 10.6 Å². The third kappa shape index (κ3) is 3.99. The smallest absolute Gasteiger partial charge is 0.314 e. The first-order chi connectivity index (χ1) is 11.3. The molecule has 0 saturated carbocycles. The maximum Gasteiger partial charge on any atom is 0.314 e. The normalized spacial score (nSPS) is 10.6. The molecule has 2 aromatic rings. The highest BCUT2D eigenvalue weighted by Crippen LogP contribution is 2.29. The van der Waals surface area contributed by atoms with Crippen molar-refractivity contribution in [2.24, 2.45) is 0 Å². The maximum absolute atomic E-state index is 12.2. The van der Waals surface area contributed by atoms with Gasteiger partial charge in [0.1, 0.15) is 6.07 Å². The van der Waals surface area contributed by atoms with Gasteiger partial charge in [-0.25, -0.2) is 0 Å². The number of para-hydroxylation sites is 2. The van der Waals surface area contributed by atoms with Crippen LogP contribution in [-0.4, -0.2) is 11.8 Å². The average molecular weight is 321 g/mol. The number of carbonyl (C=O) groups excluding carboxylic acids is 2. The van der Waals surface area contributed by atoms with Crippen molar-refractivity contribution in [1.82, 2.24) is 0 Å². The number of anilines is 2. The predicted molar refractivity (Wildman–Crippen MR) is 93.6 cm³/mol. The number of carbonyl (C=O) groups is 2. The van der Waals surface area contributed by atoms with E-state index < -0.39 is 11.8 Å². The second kappa shape index (κ2) is 6.97. The Morgan fingerprint density at radius 2 is 1.38 bits per heavy atom. The summed E-state index contributed by atoms with van der Waals surface area (Å²) in [6.07, 6.45) is 0. The monoisotopic (exact) mass is 321 g/mol. The molecule has 0 aliphatic carbocycles. The fourth-order valence-electron chi connectivity index (χ4n) is 2.29. The van der Waals surface area contributed by atoms with Crippen molar-refractivity contribution in [3.63, 3.8) is 0 Å². The van der Waals surface area contributed by atoms with Crippen LogP contribution in [0.5, 0.6) is 0 Å². The Morgan fingerprint density at radius 3 is 1.96 bits per heavy atom. The van der Waals surface area contributed by atoms with Crippen molar-refractivity contribution < 1.29 is 9.59 Å². The van der Waals surface area contributed by atoms with E-state index in [9.17, 15) is 9.59 Å². The minimum absolute atomic E-state index is 0.173. The molecule has 2 amide bonds. The summed E-state index contributed by atoms with van der Waals surface area (Å²) in [5, 5.41) is 14.1. The lowest BCUT2D eigenvalue weighted by Gasteiger charge is -2.22. The average Bonchev–Trinajstić information content (AvgIpc) is 2.54. The zero-order chi connectivity index (χ0) is 17.7. The lowest BCUT2D eigenvalue weighted by molar-refractivity contribution is -0.133. The van der Waals surface area contributed by atoms with Crippen LogP contribution >= 0.6 is 0 Å². The van der Waals surface area contributed by atoms with Gasteiger partial charge in [0.15, 0.2) is 0 Å². The number of rotatable bonds is 2. The fourth-order valence-corrected chi connectivity index (χ4v) is 2.29. The SMILES string of the molecule is CC(C)(C)c1ccccc1NC(=O)C(=O)Nc1ccccc1C#N. The molecule has 24 heavy (non-hydrogen) atoms. The first kappa shape index (κ1) is 17.2. The number of hydrogen-bond donors (Lipinski definition) is 2. The molecule has 5 heteroatoms. The second-order valence-corrected chi connectivity index (χ2v) is 6.36. The molecular weight excluding hydrogens is 302 g/mol. The summed E-state index contributed by atoms with van der Waals surface area (Å²) < 4.78 is 0. The van der Waals surface area contributed by atoms with E-state index in [2.05, 4.69) is 10.6 Å². The zero-order valence-corrected chi connectivity index (χ0v) is 13.9. The number of nitriles is 1. The van der Waals surface area contributed by atoms with Crippen LogP contribution in [0.1, 0.15) is 31.9 Å². The summed E-state index contributed by atoms with van der Waals surface area (Å²) in [7, 11) is 0. The lowest BCUT2D eigenvalue weighted by Crippen LogP contribution is -2.30. The Labute approximate surface area is 141 Å². The molecule has 0 radical (unpaired) electrons. The molecule has 0 unspecified atom stereocenters. The van der Waals surface area contributed by atoms with Gasteiger partial charge in [-0.1, -0.05) is 51.1 Å². The van der Waals surface area contributed by atoms with Crippen molar-refractivity contribution >= 4 is 23.2 Å². The Bertz CT molecular complexity index is 814. The van der Waals surface area contributed by atoms with E-state index in [1.807, 2.05) is 39.0 Å². The molecule has 5 nitrogen and oxygen atoms in total. The summed E-state index contributed by atoms with van der Waals surface area (Å²) in [5.41, 5.74) is 1.97. The quantitative estimate of drug-likeness (QED) is 0.831. The molecule has 0 atom stereocenters. The highest BCUT2D eigenvalue weighted by atomic mass is 16.2. The molecule has 122 valence electrons. The van der Waals surface area contributed by atoms with Gasteiger partial charge in [-0.2, -0.15) is 5.26 Å². The van der Waals surface area contributed by atoms with E-state index in [4.69, 9.17) is 5.26 Å². The second-order valence-electron chi connectivity index (χ2n) is 6.36. The Hall–Kier alpha value is -3.13. The topological polar surface area (TPSA) is 82.0 Å². The molecular formula is C19H19N3O2. The Morgan fingerprint density at radius 1 is 0.875 bits per heavy atom. The van der Waals surface area contributed by atoms with Crippen molar-refractivity contribution in [1.29, 1.82) is 5.26 Å². The van der Waals surface area contributed by atoms with Gasteiger partial charge in [-0.15, -0.1) is 0 Å². The molecule has 0 bridgehead atoms. The van der Waals surface area contributed by atoms with Crippen LogP contribution in [0.4, 0.5) is 11.4 Å². The third-order valence-corrected chi connectivity index (χ3v) is 3.49. The summed E-state index contributed by atoms with van der Waals surface area (Å²) in [4.78, 5) is 24.3. The summed E-state index contributed by atoms with van der Waals surface area (Å²) in [6.45, 7) is 6.09. The minimum atomic E-state index is -0.818. The molecule has 0 aliphatic heterocycles. The minimum Gasteiger partial charge on any atom is -0.318 e. The molecule has 2 N–H and O–H groups in total. The Kier molecular flexibility index (Phi) is 5.00.